The van der Waals surface area contributed by atoms with Gasteiger partial charge in [-0.25, -0.2) is 9.78 Å². The third kappa shape index (κ3) is 5.03. The number of ether oxygens (including phenoxy) is 1. The van der Waals surface area contributed by atoms with E-state index in [0.29, 0.717) is 53.8 Å². The number of anilines is 3. The molecule has 2 aromatic heterocycles. The van der Waals surface area contributed by atoms with E-state index in [1.807, 2.05) is 43.3 Å². The van der Waals surface area contributed by atoms with Crippen LogP contribution in [-0.2, 0) is 11.2 Å². The highest BCUT2D eigenvalue weighted by molar-refractivity contribution is 6.12. The number of carboxylic acid groups (broad SMARTS) is 1. The van der Waals surface area contributed by atoms with Crippen molar-refractivity contribution in [2.75, 3.05) is 23.4 Å². The first-order chi connectivity index (χ1) is 18.8. The number of pyridine rings is 2. The van der Waals surface area contributed by atoms with Gasteiger partial charge in [-0.3, -0.25) is 4.79 Å². The van der Waals surface area contributed by atoms with E-state index in [1.165, 1.54) is 6.07 Å². The van der Waals surface area contributed by atoms with Crippen molar-refractivity contribution in [3.8, 4) is 5.75 Å². The highest BCUT2D eigenvalue weighted by Crippen LogP contribution is 2.37. The van der Waals surface area contributed by atoms with Crippen LogP contribution in [0.3, 0.4) is 0 Å². The van der Waals surface area contributed by atoms with Crippen LogP contribution in [0, 0.1) is 12.9 Å². The fourth-order valence-electron chi connectivity index (χ4n) is 4.69. The first-order valence-electron chi connectivity index (χ1n) is 12.6. The number of carbonyl (C=O) groups excluding carboxylic acids is 1. The summed E-state index contributed by atoms with van der Waals surface area (Å²) in [7, 11) is 0. The van der Waals surface area contributed by atoms with Gasteiger partial charge in [0.1, 0.15) is 11.6 Å². The van der Waals surface area contributed by atoms with Crippen molar-refractivity contribution in [1.82, 2.24) is 9.97 Å². The molecule has 0 saturated carbocycles. The number of amides is 1. The Morgan fingerprint density at radius 3 is 2.67 bits per heavy atom. The van der Waals surface area contributed by atoms with Crippen molar-refractivity contribution in [3.05, 3.63) is 88.5 Å². The highest BCUT2D eigenvalue weighted by atomic mass is 19.1. The third-order valence-corrected chi connectivity index (χ3v) is 6.68. The average Bonchev–Trinajstić information content (AvgIpc) is 3.03. The molecular formula is C30H27FN4O4. The summed E-state index contributed by atoms with van der Waals surface area (Å²) in [6, 6.07) is 14.4. The number of carboxylic acids is 1. The molecule has 0 bridgehead atoms. The summed E-state index contributed by atoms with van der Waals surface area (Å²) < 4.78 is 20.2. The van der Waals surface area contributed by atoms with Crippen molar-refractivity contribution >= 4 is 46.0 Å². The van der Waals surface area contributed by atoms with Gasteiger partial charge in [0.15, 0.2) is 5.82 Å². The van der Waals surface area contributed by atoms with Gasteiger partial charge >= 0.3 is 5.97 Å². The van der Waals surface area contributed by atoms with Gasteiger partial charge < -0.3 is 20.1 Å². The molecule has 2 aromatic carbocycles. The second kappa shape index (κ2) is 10.5. The number of fused-ring (bicyclic) bond motifs is 3. The van der Waals surface area contributed by atoms with Crippen molar-refractivity contribution in [1.29, 1.82) is 0 Å². The van der Waals surface area contributed by atoms with E-state index < -0.39 is 11.9 Å². The Bertz CT molecular complexity index is 1650. The maximum Gasteiger partial charge on any atom is 0.331 e. The Morgan fingerprint density at radius 1 is 1.15 bits per heavy atom. The van der Waals surface area contributed by atoms with Gasteiger partial charge in [0, 0.05) is 30.1 Å². The molecule has 0 saturated heterocycles. The van der Waals surface area contributed by atoms with Crippen LogP contribution in [0.15, 0.2) is 60.3 Å². The Morgan fingerprint density at radius 2 is 1.92 bits per heavy atom. The predicted molar refractivity (Wildman–Crippen MR) is 148 cm³/mol. The molecule has 0 atom stereocenters. The van der Waals surface area contributed by atoms with E-state index in [1.54, 1.807) is 37.1 Å². The SMILES string of the molecule is CCN1c2ncc(CCOc3ccc(/C=C(\C)C(=O)O)c4ccccc34)cc2C(=O)Nc2c(C)cc(F)nc21. The zero-order valence-electron chi connectivity index (χ0n) is 21.8. The molecule has 1 aliphatic rings. The van der Waals surface area contributed by atoms with E-state index in [2.05, 4.69) is 15.3 Å². The summed E-state index contributed by atoms with van der Waals surface area (Å²) in [6.07, 6.45) is 3.83. The number of nitrogens with zero attached hydrogens (tertiary/aromatic N) is 3. The van der Waals surface area contributed by atoms with Crippen LogP contribution in [0.2, 0.25) is 0 Å². The first kappa shape index (κ1) is 25.8. The molecule has 0 radical (unpaired) electrons. The topological polar surface area (TPSA) is 105 Å². The summed E-state index contributed by atoms with van der Waals surface area (Å²) in [5.41, 5.74) is 3.27. The number of halogens is 1. The van der Waals surface area contributed by atoms with Gasteiger partial charge in [-0.15, -0.1) is 0 Å². The zero-order valence-corrected chi connectivity index (χ0v) is 21.8. The lowest BCUT2D eigenvalue weighted by Crippen LogP contribution is -2.20. The lowest BCUT2D eigenvalue weighted by Gasteiger charge is -2.22. The smallest absolute Gasteiger partial charge is 0.331 e. The van der Waals surface area contributed by atoms with Crippen LogP contribution in [0.4, 0.5) is 21.7 Å². The molecule has 3 heterocycles. The van der Waals surface area contributed by atoms with E-state index in [0.717, 1.165) is 21.9 Å². The number of nitrogens with one attached hydrogen (secondary N) is 1. The molecule has 0 spiro atoms. The minimum absolute atomic E-state index is 0.245. The van der Waals surface area contributed by atoms with Gasteiger partial charge in [-0.2, -0.15) is 9.37 Å². The van der Waals surface area contributed by atoms with Crippen LogP contribution in [0.5, 0.6) is 5.75 Å². The summed E-state index contributed by atoms with van der Waals surface area (Å²) in [4.78, 5) is 34.8. The van der Waals surface area contributed by atoms with E-state index in [4.69, 9.17) is 4.74 Å². The maximum absolute atomic E-state index is 14.1. The van der Waals surface area contributed by atoms with Crippen molar-refractivity contribution in [2.24, 2.45) is 0 Å². The fraction of sp³-hybridized carbons (Fsp3) is 0.200. The largest absolute Gasteiger partial charge is 0.493 e. The molecule has 2 N–H and O–H groups in total. The highest BCUT2D eigenvalue weighted by Gasteiger charge is 2.28. The maximum atomic E-state index is 14.1. The molecule has 0 fully saturated rings. The Hall–Kier alpha value is -4.79. The zero-order chi connectivity index (χ0) is 27.7. The number of rotatable bonds is 7. The minimum atomic E-state index is -0.966. The molecule has 0 unspecified atom stereocenters. The Kier molecular flexibility index (Phi) is 6.98. The number of aliphatic carboxylic acids is 1. The molecule has 4 aromatic rings. The third-order valence-electron chi connectivity index (χ3n) is 6.68. The summed E-state index contributed by atoms with van der Waals surface area (Å²) in [5.74, 6) is -0.499. The second-order valence-electron chi connectivity index (χ2n) is 9.30. The molecule has 8 nitrogen and oxygen atoms in total. The Balaban J connectivity index is 1.38. The van der Waals surface area contributed by atoms with Gasteiger partial charge in [-0.1, -0.05) is 30.3 Å². The molecule has 1 aliphatic heterocycles. The molecule has 0 aliphatic carbocycles. The van der Waals surface area contributed by atoms with Gasteiger partial charge in [0.2, 0.25) is 5.95 Å². The van der Waals surface area contributed by atoms with Gasteiger partial charge in [0.05, 0.1) is 17.9 Å². The standard InChI is InChI=1S/C30H27FN4O4/c1-4-35-27-23(29(36)34-26-17(2)14-25(31)33-28(26)35)15-19(16-32-27)11-12-39-24-10-9-20(13-18(3)30(37)38)21-7-5-6-8-22(21)24/h5-10,13-16H,4,11-12H2,1-3H3,(H,34,36)(H,37,38)/b18-13+. The number of benzene rings is 2. The second-order valence-corrected chi connectivity index (χ2v) is 9.30. The van der Waals surface area contributed by atoms with E-state index >= 15 is 0 Å². The molecular weight excluding hydrogens is 499 g/mol. The first-order valence-corrected chi connectivity index (χ1v) is 12.6. The van der Waals surface area contributed by atoms with Crippen LogP contribution < -0.4 is 15.0 Å². The van der Waals surface area contributed by atoms with Crippen LogP contribution >= 0.6 is 0 Å². The van der Waals surface area contributed by atoms with E-state index in [9.17, 15) is 19.1 Å². The number of aromatic nitrogens is 2. The van der Waals surface area contributed by atoms with Crippen molar-refractivity contribution in [3.63, 3.8) is 0 Å². The quantitative estimate of drug-likeness (QED) is 0.228. The molecule has 9 heteroatoms. The molecule has 39 heavy (non-hydrogen) atoms. The molecule has 5 rings (SSSR count). The van der Waals surface area contributed by atoms with Crippen molar-refractivity contribution < 1.29 is 23.8 Å². The predicted octanol–water partition coefficient (Wildman–Crippen LogP) is 5.91. The molecule has 1 amide bonds. The normalized spacial score (nSPS) is 13.0. The average molecular weight is 527 g/mol. The van der Waals surface area contributed by atoms with E-state index in [-0.39, 0.29) is 11.5 Å². The van der Waals surface area contributed by atoms with Crippen LogP contribution in [0.25, 0.3) is 16.8 Å². The minimum Gasteiger partial charge on any atom is -0.493 e. The summed E-state index contributed by atoms with van der Waals surface area (Å²) in [6.45, 7) is 5.96. The fourth-order valence-corrected chi connectivity index (χ4v) is 4.69. The number of hydrogen-bond acceptors (Lipinski definition) is 6. The summed E-state index contributed by atoms with van der Waals surface area (Å²) in [5, 5.41) is 13.9. The van der Waals surface area contributed by atoms with Crippen LogP contribution in [0.1, 0.15) is 40.9 Å². The Labute approximate surface area is 224 Å². The lowest BCUT2D eigenvalue weighted by molar-refractivity contribution is -0.132. The number of aryl methyl sites for hydroxylation is 1. The summed E-state index contributed by atoms with van der Waals surface area (Å²) >= 11 is 0. The number of carbonyl (C=O) groups is 2. The lowest BCUT2D eigenvalue weighted by atomic mass is 10.0. The monoisotopic (exact) mass is 526 g/mol. The van der Waals surface area contributed by atoms with Crippen molar-refractivity contribution in [2.45, 2.75) is 27.2 Å². The number of hydrogen-bond donors (Lipinski definition) is 2. The molecule has 198 valence electrons. The van der Waals surface area contributed by atoms with Crippen LogP contribution in [-0.4, -0.2) is 40.1 Å². The van der Waals surface area contributed by atoms with Gasteiger partial charge in [-0.05, 0) is 67.1 Å². The van der Waals surface area contributed by atoms with Gasteiger partial charge in [0.25, 0.3) is 5.91 Å².